The number of aromatic nitrogens is 2. The SMILES string of the molecule is COc1ccc(OC)c(NS(=O)(=O)c2ccc(-c3nnc(C4CC4)o3)s2)c1. The molecule has 8 nitrogen and oxygen atoms in total. The van der Waals surface area contributed by atoms with E-state index in [9.17, 15) is 8.42 Å². The maximum atomic E-state index is 12.8. The Bertz CT molecular complexity index is 1070. The Balaban J connectivity index is 1.60. The number of hydrogen-bond donors (Lipinski definition) is 1. The number of benzene rings is 1. The van der Waals surface area contributed by atoms with E-state index in [0.29, 0.717) is 39.8 Å². The lowest BCUT2D eigenvalue weighted by molar-refractivity contribution is 0.405. The molecule has 1 N–H and O–H groups in total. The Labute approximate surface area is 160 Å². The van der Waals surface area contributed by atoms with Gasteiger partial charge < -0.3 is 13.9 Å². The topological polar surface area (TPSA) is 104 Å². The lowest BCUT2D eigenvalue weighted by atomic mass is 10.3. The van der Waals surface area contributed by atoms with Crippen molar-refractivity contribution in [2.75, 3.05) is 18.9 Å². The number of anilines is 1. The summed E-state index contributed by atoms with van der Waals surface area (Å²) in [7, 11) is -0.838. The number of nitrogens with one attached hydrogen (secondary N) is 1. The zero-order valence-electron chi connectivity index (χ0n) is 14.6. The molecule has 0 aliphatic heterocycles. The van der Waals surface area contributed by atoms with Gasteiger partial charge in [-0.2, -0.15) is 0 Å². The predicted octanol–water partition coefficient (Wildman–Crippen LogP) is 3.49. The maximum absolute atomic E-state index is 12.8. The number of hydrogen-bond acceptors (Lipinski definition) is 8. The standard InChI is InChI=1S/C17H17N3O5S2/c1-23-11-5-6-13(24-2)12(9-11)20-27(21,22)15-8-7-14(26-15)17-19-18-16(25-17)10-3-4-10/h5-10,20H,3-4H2,1-2H3. The van der Waals surface area contributed by atoms with E-state index < -0.39 is 10.0 Å². The fourth-order valence-electron chi connectivity index (χ4n) is 2.50. The molecular formula is C17H17N3O5S2. The van der Waals surface area contributed by atoms with E-state index in [1.165, 1.54) is 20.3 Å². The van der Waals surface area contributed by atoms with E-state index in [1.807, 2.05) is 0 Å². The van der Waals surface area contributed by atoms with Crippen LogP contribution in [0, 0.1) is 0 Å². The van der Waals surface area contributed by atoms with Gasteiger partial charge in [0.05, 0.1) is 24.8 Å². The van der Waals surface area contributed by atoms with Gasteiger partial charge in [0.25, 0.3) is 15.9 Å². The van der Waals surface area contributed by atoms with Crippen LogP contribution in [0.1, 0.15) is 24.7 Å². The van der Waals surface area contributed by atoms with Crippen molar-refractivity contribution in [3.63, 3.8) is 0 Å². The molecule has 0 unspecified atom stereocenters. The molecule has 0 saturated heterocycles. The monoisotopic (exact) mass is 407 g/mol. The van der Waals surface area contributed by atoms with Crippen molar-refractivity contribution in [2.45, 2.75) is 23.0 Å². The van der Waals surface area contributed by atoms with E-state index in [2.05, 4.69) is 14.9 Å². The molecule has 1 aliphatic carbocycles. The Kier molecular flexibility index (Phi) is 4.52. The van der Waals surface area contributed by atoms with Gasteiger partial charge in [-0.05, 0) is 37.1 Å². The summed E-state index contributed by atoms with van der Waals surface area (Å²) < 4.78 is 44.2. The summed E-state index contributed by atoms with van der Waals surface area (Å²) in [5.41, 5.74) is 0.292. The zero-order chi connectivity index (χ0) is 19.0. The Hall–Kier alpha value is -2.59. The van der Waals surface area contributed by atoms with Gasteiger partial charge in [0.15, 0.2) is 0 Å². The van der Waals surface area contributed by atoms with E-state index in [0.717, 1.165) is 24.2 Å². The average Bonchev–Trinajstić information content (AvgIpc) is 3.18. The summed E-state index contributed by atoms with van der Waals surface area (Å²) in [5.74, 6) is 2.20. The Morgan fingerprint density at radius 3 is 2.67 bits per heavy atom. The molecule has 2 heterocycles. The molecular weight excluding hydrogens is 390 g/mol. The quantitative estimate of drug-likeness (QED) is 0.639. The summed E-state index contributed by atoms with van der Waals surface area (Å²) in [6.45, 7) is 0. The summed E-state index contributed by atoms with van der Waals surface area (Å²) in [6.07, 6.45) is 2.11. The Morgan fingerprint density at radius 2 is 1.96 bits per heavy atom. The van der Waals surface area contributed by atoms with Crippen molar-refractivity contribution in [2.24, 2.45) is 0 Å². The largest absolute Gasteiger partial charge is 0.497 e. The van der Waals surface area contributed by atoms with E-state index >= 15 is 0 Å². The Morgan fingerprint density at radius 1 is 1.15 bits per heavy atom. The molecule has 2 aromatic heterocycles. The first-order valence-corrected chi connectivity index (χ1v) is 10.5. The van der Waals surface area contributed by atoms with Crippen LogP contribution in [-0.2, 0) is 10.0 Å². The first-order chi connectivity index (χ1) is 13.0. The summed E-state index contributed by atoms with van der Waals surface area (Å²) >= 11 is 1.06. The van der Waals surface area contributed by atoms with Gasteiger partial charge in [-0.25, -0.2) is 8.42 Å². The molecule has 10 heteroatoms. The normalized spacial score (nSPS) is 14.1. The van der Waals surface area contributed by atoms with Crippen LogP contribution in [0.15, 0.2) is 39.0 Å². The van der Waals surface area contributed by atoms with Gasteiger partial charge in [-0.1, -0.05) is 0 Å². The second-order valence-electron chi connectivity index (χ2n) is 6.01. The van der Waals surface area contributed by atoms with Crippen LogP contribution in [-0.4, -0.2) is 32.8 Å². The summed E-state index contributed by atoms with van der Waals surface area (Å²) in [6, 6.07) is 8.05. The molecule has 0 amide bonds. The fourth-order valence-corrected chi connectivity index (χ4v) is 4.79. The summed E-state index contributed by atoms with van der Waals surface area (Å²) in [5, 5.41) is 8.05. The molecule has 3 aromatic rings. The molecule has 0 spiro atoms. The molecule has 1 aliphatic rings. The highest BCUT2D eigenvalue weighted by molar-refractivity contribution is 7.94. The van der Waals surface area contributed by atoms with Crippen LogP contribution in [0.3, 0.4) is 0 Å². The molecule has 142 valence electrons. The number of methoxy groups -OCH3 is 2. The van der Waals surface area contributed by atoms with Gasteiger partial charge in [0, 0.05) is 12.0 Å². The lowest BCUT2D eigenvalue weighted by Gasteiger charge is -2.12. The van der Waals surface area contributed by atoms with E-state index in [1.54, 1.807) is 24.3 Å². The van der Waals surface area contributed by atoms with Crippen molar-refractivity contribution in [3.05, 3.63) is 36.2 Å². The highest BCUT2D eigenvalue weighted by Crippen LogP contribution is 2.41. The third-order valence-electron chi connectivity index (χ3n) is 4.08. The first kappa shape index (κ1) is 17.8. The molecule has 1 aromatic carbocycles. The van der Waals surface area contributed by atoms with Crippen LogP contribution in [0.2, 0.25) is 0 Å². The van der Waals surface area contributed by atoms with Crippen LogP contribution in [0.4, 0.5) is 5.69 Å². The van der Waals surface area contributed by atoms with Crippen molar-refractivity contribution in [3.8, 4) is 22.3 Å². The number of sulfonamides is 1. The minimum absolute atomic E-state index is 0.133. The zero-order valence-corrected chi connectivity index (χ0v) is 16.3. The average molecular weight is 407 g/mol. The van der Waals surface area contributed by atoms with Gasteiger partial charge in [0.1, 0.15) is 15.7 Å². The molecule has 27 heavy (non-hydrogen) atoms. The number of ether oxygens (including phenoxy) is 2. The van der Waals surface area contributed by atoms with Crippen LogP contribution >= 0.6 is 11.3 Å². The summed E-state index contributed by atoms with van der Waals surface area (Å²) in [4.78, 5) is 0.604. The van der Waals surface area contributed by atoms with Crippen molar-refractivity contribution in [1.82, 2.24) is 10.2 Å². The number of rotatable bonds is 7. The van der Waals surface area contributed by atoms with Gasteiger partial charge in [0.2, 0.25) is 5.89 Å². The maximum Gasteiger partial charge on any atom is 0.271 e. The third-order valence-corrected chi connectivity index (χ3v) is 7.01. The fraction of sp³-hybridized carbons (Fsp3) is 0.294. The highest BCUT2D eigenvalue weighted by Gasteiger charge is 2.30. The van der Waals surface area contributed by atoms with Crippen LogP contribution in [0.25, 0.3) is 10.8 Å². The minimum atomic E-state index is -3.81. The number of nitrogens with zero attached hydrogens (tertiary/aromatic N) is 2. The smallest absolute Gasteiger partial charge is 0.271 e. The van der Waals surface area contributed by atoms with E-state index in [-0.39, 0.29) is 4.21 Å². The molecule has 0 atom stereocenters. The lowest BCUT2D eigenvalue weighted by Crippen LogP contribution is -2.12. The molecule has 0 radical (unpaired) electrons. The minimum Gasteiger partial charge on any atom is -0.497 e. The van der Waals surface area contributed by atoms with Crippen LogP contribution < -0.4 is 14.2 Å². The van der Waals surface area contributed by atoms with Crippen LogP contribution in [0.5, 0.6) is 11.5 Å². The van der Waals surface area contributed by atoms with Gasteiger partial charge >= 0.3 is 0 Å². The highest BCUT2D eigenvalue weighted by atomic mass is 32.2. The second kappa shape index (κ2) is 6.86. The molecule has 1 saturated carbocycles. The van der Waals surface area contributed by atoms with Crippen molar-refractivity contribution < 1.29 is 22.3 Å². The predicted molar refractivity (Wildman–Crippen MR) is 99.9 cm³/mol. The van der Waals surface area contributed by atoms with Crippen molar-refractivity contribution >= 4 is 27.0 Å². The van der Waals surface area contributed by atoms with Gasteiger partial charge in [-0.15, -0.1) is 21.5 Å². The third kappa shape index (κ3) is 3.62. The second-order valence-corrected chi connectivity index (χ2v) is 9.00. The van der Waals surface area contributed by atoms with E-state index in [4.69, 9.17) is 13.9 Å². The molecule has 1 fully saturated rings. The molecule has 4 rings (SSSR count). The van der Waals surface area contributed by atoms with Gasteiger partial charge in [-0.3, -0.25) is 4.72 Å². The van der Waals surface area contributed by atoms with Crippen molar-refractivity contribution in [1.29, 1.82) is 0 Å². The number of thiophene rings is 1. The first-order valence-electron chi connectivity index (χ1n) is 8.18. The molecule has 0 bridgehead atoms.